The van der Waals surface area contributed by atoms with Crippen molar-refractivity contribution in [2.24, 2.45) is 0 Å². The fourth-order valence-electron chi connectivity index (χ4n) is 1.12. The van der Waals surface area contributed by atoms with E-state index in [9.17, 15) is 0 Å². The summed E-state index contributed by atoms with van der Waals surface area (Å²) in [6.07, 6.45) is 1.06. The first-order valence-electron chi connectivity index (χ1n) is 4.73. The molecule has 1 aromatic rings. The molecule has 0 aromatic heterocycles. The van der Waals surface area contributed by atoms with E-state index >= 15 is 0 Å². The maximum absolute atomic E-state index is 5.64. The van der Waals surface area contributed by atoms with Crippen molar-refractivity contribution in [3.05, 3.63) is 24.3 Å². The lowest BCUT2D eigenvalue weighted by Gasteiger charge is -2.14. The Morgan fingerprint density at radius 1 is 1.29 bits per heavy atom. The summed E-state index contributed by atoms with van der Waals surface area (Å²) in [5.41, 5.74) is 6.31. The molecular formula is C11H17NO2. The van der Waals surface area contributed by atoms with Crippen LogP contribution in [-0.2, 0) is 4.74 Å². The second-order valence-electron chi connectivity index (χ2n) is 3.28. The van der Waals surface area contributed by atoms with Crippen molar-refractivity contribution in [3.63, 3.8) is 0 Å². The summed E-state index contributed by atoms with van der Waals surface area (Å²) in [7, 11) is 1.69. The van der Waals surface area contributed by atoms with Crippen molar-refractivity contribution in [2.45, 2.75) is 19.4 Å². The number of rotatable bonds is 5. The van der Waals surface area contributed by atoms with Gasteiger partial charge in [0.15, 0.2) is 0 Å². The van der Waals surface area contributed by atoms with Crippen molar-refractivity contribution >= 4 is 5.69 Å². The van der Waals surface area contributed by atoms with Crippen LogP contribution in [-0.4, -0.2) is 19.8 Å². The molecule has 1 atom stereocenters. The average Bonchev–Trinajstić information content (AvgIpc) is 2.18. The zero-order chi connectivity index (χ0) is 10.4. The highest BCUT2D eigenvalue weighted by Crippen LogP contribution is 2.15. The molecule has 0 saturated carbocycles. The van der Waals surface area contributed by atoms with Gasteiger partial charge in [0.2, 0.25) is 0 Å². The van der Waals surface area contributed by atoms with Gasteiger partial charge >= 0.3 is 0 Å². The number of nitrogen functional groups attached to an aromatic ring is 1. The van der Waals surface area contributed by atoms with Gasteiger partial charge in [-0.1, -0.05) is 0 Å². The highest BCUT2D eigenvalue weighted by Gasteiger charge is 2.02. The van der Waals surface area contributed by atoms with E-state index in [1.165, 1.54) is 0 Å². The molecule has 0 aliphatic rings. The number of anilines is 1. The van der Waals surface area contributed by atoms with E-state index in [1.807, 2.05) is 31.2 Å². The SMILES string of the molecule is COCCC(C)Oc1ccc(N)cc1. The minimum atomic E-state index is 0.165. The molecule has 0 heterocycles. The molecule has 0 amide bonds. The van der Waals surface area contributed by atoms with Gasteiger partial charge in [0.05, 0.1) is 6.10 Å². The molecule has 1 aromatic carbocycles. The van der Waals surface area contributed by atoms with Crippen LogP contribution in [0.1, 0.15) is 13.3 Å². The van der Waals surface area contributed by atoms with Gasteiger partial charge in [-0.15, -0.1) is 0 Å². The second kappa shape index (κ2) is 5.50. The van der Waals surface area contributed by atoms with Crippen LogP contribution in [0.3, 0.4) is 0 Å². The first kappa shape index (κ1) is 10.9. The standard InChI is InChI=1S/C11H17NO2/c1-9(7-8-13-2)14-11-5-3-10(12)4-6-11/h3-6,9H,7-8,12H2,1-2H3. The summed E-state index contributed by atoms with van der Waals surface area (Å²) in [6, 6.07) is 7.41. The van der Waals surface area contributed by atoms with Crippen molar-refractivity contribution in [1.82, 2.24) is 0 Å². The van der Waals surface area contributed by atoms with Crippen molar-refractivity contribution in [1.29, 1.82) is 0 Å². The molecule has 14 heavy (non-hydrogen) atoms. The number of hydrogen-bond acceptors (Lipinski definition) is 3. The van der Waals surface area contributed by atoms with Crippen LogP contribution in [0.2, 0.25) is 0 Å². The normalized spacial score (nSPS) is 12.4. The van der Waals surface area contributed by atoms with Crippen LogP contribution >= 0.6 is 0 Å². The third-order valence-corrected chi connectivity index (χ3v) is 1.95. The van der Waals surface area contributed by atoms with E-state index in [0.29, 0.717) is 0 Å². The monoisotopic (exact) mass is 195 g/mol. The van der Waals surface area contributed by atoms with E-state index in [-0.39, 0.29) is 6.10 Å². The lowest BCUT2D eigenvalue weighted by atomic mass is 10.3. The molecule has 2 N–H and O–H groups in total. The number of methoxy groups -OCH3 is 1. The summed E-state index contributed by atoms with van der Waals surface area (Å²) in [5.74, 6) is 0.850. The predicted octanol–water partition coefficient (Wildman–Crippen LogP) is 2.07. The Balaban J connectivity index is 2.39. The van der Waals surface area contributed by atoms with Crippen LogP contribution in [0.5, 0.6) is 5.75 Å². The van der Waals surface area contributed by atoms with E-state index < -0.39 is 0 Å². The maximum atomic E-state index is 5.64. The summed E-state index contributed by atoms with van der Waals surface area (Å²) < 4.78 is 10.6. The average molecular weight is 195 g/mol. The molecular weight excluding hydrogens is 178 g/mol. The van der Waals surface area contributed by atoms with Gasteiger partial charge in [0.1, 0.15) is 5.75 Å². The van der Waals surface area contributed by atoms with Crippen molar-refractivity contribution < 1.29 is 9.47 Å². The lowest BCUT2D eigenvalue weighted by Crippen LogP contribution is -2.14. The largest absolute Gasteiger partial charge is 0.491 e. The first-order valence-corrected chi connectivity index (χ1v) is 4.73. The summed E-state index contributed by atoms with van der Waals surface area (Å²) in [6.45, 7) is 2.74. The Labute approximate surface area is 84.8 Å². The lowest BCUT2D eigenvalue weighted by molar-refractivity contribution is 0.135. The van der Waals surface area contributed by atoms with Crippen molar-refractivity contribution in [3.8, 4) is 5.75 Å². The highest BCUT2D eigenvalue weighted by atomic mass is 16.5. The molecule has 1 unspecified atom stereocenters. The summed E-state index contributed by atoms with van der Waals surface area (Å²) in [4.78, 5) is 0. The van der Waals surface area contributed by atoms with Gasteiger partial charge in [0.25, 0.3) is 0 Å². The number of hydrogen-bond donors (Lipinski definition) is 1. The molecule has 78 valence electrons. The van der Waals surface area contributed by atoms with Gasteiger partial charge in [-0.25, -0.2) is 0 Å². The Morgan fingerprint density at radius 2 is 1.93 bits per heavy atom. The van der Waals surface area contributed by atoms with Gasteiger partial charge in [0, 0.05) is 25.8 Å². The molecule has 0 radical (unpaired) electrons. The van der Waals surface area contributed by atoms with E-state index in [4.69, 9.17) is 15.2 Å². The van der Waals surface area contributed by atoms with Gasteiger partial charge < -0.3 is 15.2 Å². The molecule has 0 fully saturated rings. The number of nitrogens with two attached hydrogens (primary N) is 1. The molecule has 0 bridgehead atoms. The number of ether oxygens (including phenoxy) is 2. The Bertz CT molecular complexity index is 258. The van der Waals surface area contributed by atoms with E-state index in [1.54, 1.807) is 7.11 Å². The first-order chi connectivity index (χ1) is 6.72. The van der Waals surface area contributed by atoms with E-state index in [0.717, 1.165) is 24.5 Å². The minimum absolute atomic E-state index is 0.165. The van der Waals surface area contributed by atoms with Crippen LogP contribution in [0.15, 0.2) is 24.3 Å². The van der Waals surface area contributed by atoms with Crippen LogP contribution in [0, 0.1) is 0 Å². The Morgan fingerprint density at radius 3 is 2.50 bits per heavy atom. The van der Waals surface area contributed by atoms with E-state index in [2.05, 4.69) is 0 Å². The zero-order valence-corrected chi connectivity index (χ0v) is 8.69. The fourth-order valence-corrected chi connectivity index (χ4v) is 1.12. The maximum Gasteiger partial charge on any atom is 0.119 e. The molecule has 0 spiro atoms. The smallest absolute Gasteiger partial charge is 0.119 e. The van der Waals surface area contributed by atoms with Crippen molar-refractivity contribution in [2.75, 3.05) is 19.5 Å². The molecule has 0 saturated heterocycles. The van der Waals surface area contributed by atoms with Crippen LogP contribution < -0.4 is 10.5 Å². The Kier molecular flexibility index (Phi) is 4.26. The number of benzene rings is 1. The highest BCUT2D eigenvalue weighted by molar-refractivity contribution is 5.41. The topological polar surface area (TPSA) is 44.5 Å². The Hall–Kier alpha value is -1.22. The quantitative estimate of drug-likeness (QED) is 0.731. The van der Waals surface area contributed by atoms with Gasteiger partial charge in [-0.05, 0) is 31.2 Å². The third-order valence-electron chi connectivity index (χ3n) is 1.95. The predicted molar refractivity (Wildman–Crippen MR) is 57.4 cm³/mol. The molecule has 0 aliphatic heterocycles. The molecule has 1 rings (SSSR count). The van der Waals surface area contributed by atoms with Crippen LogP contribution in [0.4, 0.5) is 5.69 Å². The second-order valence-corrected chi connectivity index (χ2v) is 3.28. The molecule has 3 heteroatoms. The zero-order valence-electron chi connectivity index (χ0n) is 8.69. The van der Waals surface area contributed by atoms with Gasteiger partial charge in [-0.3, -0.25) is 0 Å². The molecule has 0 aliphatic carbocycles. The third kappa shape index (κ3) is 3.66. The summed E-state index contributed by atoms with van der Waals surface area (Å²) >= 11 is 0. The molecule has 3 nitrogen and oxygen atoms in total. The van der Waals surface area contributed by atoms with Gasteiger partial charge in [-0.2, -0.15) is 0 Å². The fraction of sp³-hybridized carbons (Fsp3) is 0.455. The van der Waals surface area contributed by atoms with Crippen LogP contribution in [0.25, 0.3) is 0 Å². The minimum Gasteiger partial charge on any atom is -0.491 e. The summed E-state index contributed by atoms with van der Waals surface area (Å²) in [5, 5.41) is 0.